The number of carbonyl (C=O) groups excluding carboxylic acids is 5. The maximum Gasteiger partial charge on any atom is 0.314 e. The second kappa shape index (κ2) is 17.0. The molecule has 0 aromatic carbocycles. The van der Waals surface area contributed by atoms with Gasteiger partial charge in [-0.3, -0.25) is 24.0 Å². The Hall–Kier alpha value is -2.53. The number of rotatable bonds is 17. The van der Waals surface area contributed by atoms with Gasteiger partial charge in [0.05, 0.1) is 51.1 Å². The number of carbonyl (C=O) groups is 5. The van der Waals surface area contributed by atoms with Crippen LogP contribution in [0, 0.1) is 10.8 Å². The van der Waals surface area contributed by atoms with Crippen LogP contribution in [-0.4, -0.2) is 76.1 Å². The molecule has 0 N–H and O–H groups in total. The van der Waals surface area contributed by atoms with Crippen LogP contribution in [0.3, 0.4) is 0 Å². The Bertz CT molecular complexity index is 687. The average molecular weight is 505 g/mol. The number of ketones is 1. The van der Waals surface area contributed by atoms with Crippen LogP contribution in [0.5, 0.6) is 0 Å². The molecule has 0 radical (unpaired) electrons. The van der Waals surface area contributed by atoms with E-state index in [9.17, 15) is 24.0 Å². The van der Waals surface area contributed by atoms with Gasteiger partial charge in [0, 0.05) is 11.8 Å². The van der Waals surface area contributed by atoms with Crippen molar-refractivity contribution >= 4 is 29.7 Å². The molecule has 0 rings (SSSR count). The van der Waals surface area contributed by atoms with Crippen molar-refractivity contribution in [2.24, 2.45) is 10.8 Å². The summed E-state index contributed by atoms with van der Waals surface area (Å²) in [5.74, 6) is -2.20. The first kappa shape index (κ1) is 32.5. The van der Waals surface area contributed by atoms with Gasteiger partial charge < -0.3 is 28.4 Å². The van der Waals surface area contributed by atoms with Crippen molar-refractivity contribution in [2.75, 3.05) is 46.4 Å². The van der Waals surface area contributed by atoms with Gasteiger partial charge in [0.1, 0.15) is 19.0 Å². The van der Waals surface area contributed by atoms with Crippen molar-refractivity contribution in [3.8, 4) is 0 Å². The number of esters is 4. The van der Waals surface area contributed by atoms with Crippen LogP contribution in [0.15, 0.2) is 0 Å². The molecule has 0 amide bonds. The van der Waals surface area contributed by atoms with Crippen LogP contribution in [0.4, 0.5) is 0 Å². The van der Waals surface area contributed by atoms with Gasteiger partial charge in [-0.2, -0.15) is 0 Å². The third kappa shape index (κ3) is 18.5. The predicted octanol–water partition coefficient (Wildman–Crippen LogP) is 2.37. The summed E-state index contributed by atoms with van der Waals surface area (Å²) < 4.78 is 30.0. The van der Waals surface area contributed by atoms with Crippen molar-refractivity contribution < 1.29 is 52.4 Å². The third-order valence-corrected chi connectivity index (χ3v) is 4.30. The molecule has 0 saturated heterocycles. The summed E-state index contributed by atoms with van der Waals surface area (Å²) in [4.78, 5) is 58.0. The van der Waals surface area contributed by atoms with Crippen molar-refractivity contribution in [3.05, 3.63) is 0 Å². The Morgan fingerprint density at radius 1 is 0.486 bits per heavy atom. The Morgan fingerprint density at radius 2 is 0.886 bits per heavy atom. The maximum absolute atomic E-state index is 11.8. The highest BCUT2D eigenvalue weighted by molar-refractivity contribution is 5.86. The van der Waals surface area contributed by atoms with E-state index in [0.29, 0.717) is 0 Å². The lowest BCUT2D eigenvalue weighted by Gasteiger charge is -2.16. The molecule has 0 fully saturated rings. The summed E-state index contributed by atoms with van der Waals surface area (Å²) in [7, 11) is 0. The normalized spacial score (nSPS) is 11.5. The fraction of sp³-hybridized carbons (Fsp3) is 0.792. The van der Waals surface area contributed by atoms with Crippen molar-refractivity contribution in [2.45, 2.75) is 67.2 Å². The monoisotopic (exact) mass is 504 g/mol. The van der Waals surface area contributed by atoms with E-state index in [1.54, 1.807) is 41.5 Å². The molecule has 0 aliphatic rings. The van der Waals surface area contributed by atoms with Gasteiger partial charge in [0.25, 0.3) is 0 Å². The number of hydrogen-bond acceptors (Lipinski definition) is 11. The largest absolute Gasteiger partial charge is 0.463 e. The zero-order chi connectivity index (χ0) is 26.9. The Kier molecular flexibility index (Phi) is 15.8. The first-order valence-electron chi connectivity index (χ1n) is 11.6. The molecule has 0 aliphatic carbocycles. The summed E-state index contributed by atoms with van der Waals surface area (Å²) in [6.45, 7) is 10.9. The van der Waals surface area contributed by atoms with Crippen LogP contribution in [0.1, 0.15) is 67.2 Å². The SMILES string of the molecule is CC(C)(C)C(=O)CCC(=O)OCCOCCOCCOC(=O)CCC(=O)OCOC(=O)C(C)(C)C. The summed E-state index contributed by atoms with van der Waals surface area (Å²) in [6.07, 6.45) is -0.164. The summed E-state index contributed by atoms with van der Waals surface area (Å²) in [5, 5.41) is 0. The Balaban J connectivity index is 3.57. The molecule has 35 heavy (non-hydrogen) atoms. The molecule has 0 aliphatic heterocycles. The smallest absolute Gasteiger partial charge is 0.314 e. The minimum absolute atomic E-state index is 0.00643. The second-order valence-corrected chi connectivity index (χ2v) is 9.65. The van der Waals surface area contributed by atoms with Gasteiger partial charge >= 0.3 is 23.9 Å². The summed E-state index contributed by atoms with van der Waals surface area (Å²) in [5.41, 5.74) is -1.17. The highest BCUT2D eigenvalue weighted by Crippen LogP contribution is 2.17. The molecule has 0 bridgehead atoms. The fourth-order valence-electron chi connectivity index (χ4n) is 2.13. The van der Waals surface area contributed by atoms with Crippen LogP contribution in [-0.2, 0) is 52.4 Å². The molecule has 11 heteroatoms. The molecule has 202 valence electrons. The molecule has 0 heterocycles. The highest BCUT2D eigenvalue weighted by atomic mass is 16.7. The fourth-order valence-corrected chi connectivity index (χ4v) is 2.13. The maximum atomic E-state index is 11.8. The van der Waals surface area contributed by atoms with Gasteiger partial charge in [-0.15, -0.1) is 0 Å². The predicted molar refractivity (Wildman–Crippen MR) is 123 cm³/mol. The number of hydrogen-bond donors (Lipinski definition) is 0. The molecular formula is C24H40O11. The molecule has 0 aromatic heterocycles. The zero-order valence-corrected chi connectivity index (χ0v) is 21.8. The standard InChI is InChI=1S/C24H40O11/c1-23(2,3)18(25)7-8-19(26)32-15-13-30-11-12-31-14-16-33-20(27)9-10-21(28)34-17-35-22(29)24(4,5)6/h7-17H2,1-6H3. The van der Waals surface area contributed by atoms with Gasteiger partial charge in [-0.25, -0.2) is 0 Å². The lowest BCUT2D eigenvalue weighted by atomic mass is 9.88. The van der Waals surface area contributed by atoms with Crippen molar-refractivity contribution in [1.82, 2.24) is 0 Å². The Labute approximate surface area is 207 Å². The van der Waals surface area contributed by atoms with Crippen LogP contribution in [0.2, 0.25) is 0 Å². The molecule has 0 saturated carbocycles. The summed E-state index contributed by atoms with van der Waals surface area (Å²) in [6, 6.07) is 0. The quantitative estimate of drug-likeness (QED) is 0.125. The molecule has 0 unspecified atom stereocenters. The zero-order valence-electron chi connectivity index (χ0n) is 21.8. The summed E-state index contributed by atoms with van der Waals surface area (Å²) >= 11 is 0. The van der Waals surface area contributed by atoms with E-state index in [-0.39, 0.29) is 71.1 Å². The van der Waals surface area contributed by atoms with Gasteiger partial charge in [-0.1, -0.05) is 20.8 Å². The Morgan fingerprint density at radius 3 is 1.31 bits per heavy atom. The van der Waals surface area contributed by atoms with Crippen LogP contribution in [0.25, 0.3) is 0 Å². The van der Waals surface area contributed by atoms with E-state index in [4.69, 9.17) is 28.4 Å². The van der Waals surface area contributed by atoms with E-state index < -0.39 is 41.5 Å². The first-order chi connectivity index (χ1) is 16.2. The molecule has 0 aromatic rings. The molecule has 0 atom stereocenters. The highest BCUT2D eigenvalue weighted by Gasteiger charge is 2.23. The molecule has 11 nitrogen and oxygen atoms in total. The lowest BCUT2D eigenvalue weighted by Crippen LogP contribution is -2.24. The lowest BCUT2D eigenvalue weighted by molar-refractivity contribution is -0.174. The third-order valence-electron chi connectivity index (χ3n) is 4.30. The van der Waals surface area contributed by atoms with Crippen molar-refractivity contribution in [3.63, 3.8) is 0 Å². The molecular weight excluding hydrogens is 464 g/mol. The topological polar surface area (TPSA) is 141 Å². The van der Waals surface area contributed by atoms with E-state index >= 15 is 0 Å². The van der Waals surface area contributed by atoms with E-state index in [1.807, 2.05) is 0 Å². The van der Waals surface area contributed by atoms with Crippen molar-refractivity contribution in [1.29, 1.82) is 0 Å². The van der Waals surface area contributed by atoms with Gasteiger partial charge in [-0.05, 0) is 20.8 Å². The van der Waals surface area contributed by atoms with E-state index in [2.05, 4.69) is 0 Å². The number of Topliss-reactive ketones (excluding diaryl/α,β-unsaturated/α-hetero) is 1. The van der Waals surface area contributed by atoms with Gasteiger partial charge in [0.2, 0.25) is 6.79 Å². The van der Waals surface area contributed by atoms with E-state index in [1.165, 1.54) is 0 Å². The average Bonchev–Trinajstić information content (AvgIpc) is 2.75. The van der Waals surface area contributed by atoms with E-state index in [0.717, 1.165) is 0 Å². The number of ether oxygens (including phenoxy) is 6. The van der Waals surface area contributed by atoms with Crippen LogP contribution >= 0.6 is 0 Å². The molecule has 0 spiro atoms. The minimum atomic E-state index is -0.700. The second-order valence-electron chi connectivity index (χ2n) is 9.65. The first-order valence-corrected chi connectivity index (χ1v) is 11.6. The van der Waals surface area contributed by atoms with Gasteiger partial charge in [0.15, 0.2) is 0 Å². The van der Waals surface area contributed by atoms with Crippen LogP contribution < -0.4 is 0 Å². The minimum Gasteiger partial charge on any atom is -0.463 e.